The van der Waals surface area contributed by atoms with Crippen molar-refractivity contribution in [2.75, 3.05) is 13.7 Å². The largest absolute Gasteiger partial charge is 0.496 e. The highest BCUT2D eigenvalue weighted by atomic mass is 16.5. The molecule has 2 aromatic rings. The molecule has 106 valence electrons. The van der Waals surface area contributed by atoms with Crippen molar-refractivity contribution in [2.45, 2.75) is 19.9 Å². The summed E-state index contributed by atoms with van der Waals surface area (Å²) in [6.07, 6.45) is 1.05. The van der Waals surface area contributed by atoms with Gasteiger partial charge in [-0.15, -0.1) is 0 Å². The zero-order valence-corrected chi connectivity index (χ0v) is 11.9. The number of methoxy groups -OCH3 is 1. The highest BCUT2D eigenvalue weighted by molar-refractivity contribution is 5.66. The van der Waals surface area contributed by atoms with Gasteiger partial charge in [0.1, 0.15) is 5.75 Å². The number of para-hydroxylation sites is 1. The van der Waals surface area contributed by atoms with Crippen LogP contribution in [0.1, 0.15) is 18.9 Å². The Balaban J connectivity index is 2.27. The Morgan fingerprint density at radius 1 is 1.20 bits per heavy atom. The monoisotopic (exact) mass is 272 g/mol. The first kappa shape index (κ1) is 14.3. The van der Waals surface area contributed by atoms with E-state index in [4.69, 9.17) is 4.74 Å². The van der Waals surface area contributed by atoms with Gasteiger partial charge in [0.2, 0.25) is 0 Å². The van der Waals surface area contributed by atoms with Crippen LogP contribution in [-0.4, -0.2) is 18.6 Å². The Bertz CT molecular complexity index is 620. The molecule has 0 fully saturated rings. The molecule has 4 nitrogen and oxygen atoms in total. The smallest absolute Gasteiger partial charge is 0.252 e. The first-order chi connectivity index (χ1) is 9.76. The fourth-order valence-corrected chi connectivity index (χ4v) is 2.07. The standard InChI is InChI=1S/C16H20N2O2/c1-3-10-17-11-12-8-9-14(18-16(12)19)13-6-4-5-7-15(13)20-2/h4-9,17H,3,10-11H2,1-2H3,(H,18,19). The van der Waals surface area contributed by atoms with E-state index in [1.165, 1.54) is 0 Å². The van der Waals surface area contributed by atoms with Crippen molar-refractivity contribution in [1.82, 2.24) is 10.3 Å². The first-order valence-corrected chi connectivity index (χ1v) is 6.82. The molecule has 2 N–H and O–H groups in total. The van der Waals surface area contributed by atoms with E-state index < -0.39 is 0 Å². The van der Waals surface area contributed by atoms with Gasteiger partial charge in [0.05, 0.1) is 12.8 Å². The molecular weight excluding hydrogens is 252 g/mol. The van der Waals surface area contributed by atoms with E-state index in [1.807, 2.05) is 36.4 Å². The van der Waals surface area contributed by atoms with Gasteiger partial charge in [-0.25, -0.2) is 0 Å². The highest BCUT2D eigenvalue weighted by Gasteiger charge is 2.07. The van der Waals surface area contributed by atoms with Gasteiger partial charge in [0, 0.05) is 17.7 Å². The topological polar surface area (TPSA) is 54.1 Å². The normalized spacial score (nSPS) is 10.5. The third kappa shape index (κ3) is 3.27. The maximum absolute atomic E-state index is 12.1. The second-order valence-electron chi connectivity index (χ2n) is 4.60. The minimum Gasteiger partial charge on any atom is -0.496 e. The molecule has 20 heavy (non-hydrogen) atoms. The molecule has 0 aliphatic heterocycles. The molecule has 0 radical (unpaired) electrons. The number of nitrogens with one attached hydrogen (secondary N) is 2. The Labute approximate surface area is 118 Å². The van der Waals surface area contributed by atoms with Gasteiger partial charge in [-0.2, -0.15) is 0 Å². The Morgan fingerprint density at radius 3 is 2.70 bits per heavy atom. The number of ether oxygens (including phenoxy) is 1. The number of aromatic amines is 1. The van der Waals surface area contributed by atoms with E-state index in [0.717, 1.165) is 35.5 Å². The molecule has 0 aliphatic rings. The molecule has 0 atom stereocenters. The molecule has 0 saturated carbocycles. The summed E-state index contributed by atoms with van der Waals surface area (Å²) in [5.41, 5.74) is 2.35. The lowest BCUT2D eigenvalue weighted by Gasteiger charge is -2.09. The summed E-state index contributed by atoms with van der Waals surface area (Å²) in [6.45, 7) is 3.60. The predicted molar refractivity (Wildman–Crippen MR) is 81.0 cm³/mol. The van der Waals surface area contributed by atoms with Gasteiger partial charge in [0.15, 0.2) is 0 Å². The highest BCUT2D eigenvalue weighted by Crippen LogP contribution is 2.27. The first-order valence-electron chi connectivity index (χ1n) is 6.82. The third-order valence-corrected chi connectivity index (χ3v) is 3.13. The number of aromatic nitrogens is 1. The van der Waals surface area contributed by atoms with Crippen LogP contribution >= 0.6 is 0 Å². The van der Waals surface area contributed by atoms with Crippen LogP contribution in [0.2, 0.25) is 0 Å². The van der Waals surface area contributed by atoms with Crippen molar-refractivity contribution in [3.05, 3.63) is 52.3 Å². The quantitative estimate of drug-likeness (QED) is 0.795. The summed E-state index contributed by atoms with van der Waals surface area (Å²) in [5, 5.41) is 3.23. The second-order valence-corrected chi connectivity index (χ2v) is 4.60. The van der Waals surface area contributed by atoms with E-state index >= 15 is 0 Å². The van der Waals surface area contributed by atoms with Crippen molar-refractivity contribution >= 4 is 0 Å². The molecule has 0 bridgehead atoms. The third-order valence-electron chi connectivity index (χ3n) is 3.13. The van der Waals surface area contributed by atoms with Crippen LogP contribution in [-0.2, 0) is 6.54 Å². The molecule has 0 unspecified atom stereocenters. The number of H-pyrrole nitrogens is 1. The van der Waals surface area contributed by atoms with Crippen molar-refractivity contribution in [3.8, 4) is 17.0 Å². The minimum atomic E-state index is -0.0583. The van der Waals surface area contributed by atoms with E-state index in [1.54, 1.807) is 7.11 Å². The summed E-state index contributed by atoms with van der Waals surface area (Å²) < 4.78 is 5.31. The molecule has 2 rings (SSSR count). The summed E-state index contributed by atoms with van der Waals surface area (Å²) in [7, 11) is 1.62. The number of rotatable bonds is 6. The van der Waals surface area contributed by atoms with Crippen LogP contribution in [0, 0.1) is 0 Å². The maximum Gasteiger partial charge on any atom is 0.252 e. The molecule has 1 aromatic carbocycles. The van der Waals surface area contributed by atoms with Crippen molar-refractivity contribution in [1.29, 1.82) is 0 Å². The van der Waals surface area contributed by atoms with Gasteiger partial charge in [-0.1, -0.05) is 25.1 Å². The zero-order chi connectivity index (χ0) is 14.4. The Hall–Kier alpha value is -2.07. The average molecular weight is 272 g/mol. The van der Waals surface area contributed by atoms with Crippen LogP contribution < -0.4 is 15.6 Å². The molecule has 0 spiro atoms. The van der Waals surface area contributed by atoms with Gasteiger partial charge in [-0.05, 0) is 31.2 Å². The number of hydrogen-bond acceptors (Lipinski definition) is 3. The number of hydrogen-bond donors (Lipinski definition) is 2. The molecule has 0 amide bonds. The fraction of sp³-hybridized carbons (Fsp3) is 0.312. The van der Waals surface area contributed by atoms with Crippen LogP contribution in [0.5, 0.6) is 5.75 Å². The maximum atomic E-state index is 12.1. The predicted octanol–water partition coefficient (Wildman–Crippen LogP) is 2.55. The fourth-order valence-electron chi connectivity index (χ4n) is 2.07. The average Bonchev–Trinajstić information content (AvgIpc) is 2.49. The van der Waals surface area contributed by atoms with Crippen molar-refractivity contribution < 1.29 is 4.74 Å². The van der Waals surface area contributed by atoms with Crippen molar-refractivity contribution in [2.24, 2.45) is 0 Å². The molecule has 1 aromatic heterocycles. The Morgan fingerprint density at radius 2 is 2.00 bits per heavy atom. The number of benzene rings is 1. The summed E-state index contributed by atoms with van der Waals surface area (Å²) in [5.74, 6) is 0.750. The SMILES string of the molecule is CCCNCc1ccc(-c2ccccc2OC)[nH]c1=O. The number of pyridine rings is 1. The molecule has 4 heteroatoms. The molecular formula is C16H20N2O2. The van der Waals surface area contributed by atoms with Crippen LogP contribution in [0.3, 0.4) is 0 Å². The molecule has 0 saturated heterocycles. The molecule has 1 heterocycles. The van der Waals surface area contributed by atoms with Crippen molar-refractivity contribution in [3.63, 3.8) is 0 Å². The lowest BCUT2D eigenvalue weighted by Crippen LogP contribution is -2.21. The lowest BCUT2D eigenvalue weighted by molar-refractivity contribution is 0.416. The minimum absolute atomic E-state index is 0.0583. The van der Waals surface area contributed by atoms with Crippen LogP contribution in [0.4, 0.5) is 0 Å². The van der Waals surface area contributed by atoms with E-state index in [-0.39, 0.29) is 5.56 Å². The van der Waals surface area contributed by atoms with Crippen LogP contribution in [0.25, 0.3) is 11.3 Å². The summed E-state index contributed by atoms with van der Waals surface area (Å²) >= 11 is 0. The van der Waals surface area contributed by atoms with Gasteiger partial charge in [0.25, 0.3) is 5.56 Å². The van der Waals surface area contributed by atoms with E-state index in [2.05, 4.69) is 17.2 Å². The van der Waals surface area contributed by atoms with Gasteiger partial charge < -0.3 is 15.0 Å². The second kappa shape index (κ2) is 6.91. The molecule has 0 aliphatic carbocycles. The summed E-state index contributed by atoms with van der Waals surface area (Å²) in [6, 6.07) is 11.4. The van der Waals surface area contributed by atoms with Crippen LogP contribution in [0.15, 0.2) is 41.2 Å². The van der Waals surface area contributed by atoms with Gasteiger partial charge in [-0.3, -0.25) is 4.79 Å². The summed E-state index contributed by atoms with van der Waals surface area (Å²) in [4.78, 5) is 15.0. The lowest BCUT2D eigenvalue weighted by atomic mass is 10.1. The van der Waals surface area contributed by atoms with Gasteiger partial charge >= 0.3 is 0 Å². The Kier molecular flexibility index (Phi) is 4.96. The zero-order valence-electron chi connectivity index (χ0n) is 11.9. The van der Waals surface area contributed by atoms with E-state index in [0.29, 0.717) is 6.54 Å². The van der Waals surface area contributed by atoms with E-state index in [9.17, 15) is 4.79 Å².